The van der Waals surface area contributed by atoms with Crippen LogP contribution in [-0.2, 0) is 0 Å². The van der Waals surface area contributed by atoms with Crippen molar-refractivity contribution in [3.8, 4) is 0 Å². The topological polar surface area (TPSA) is 6.25 Å². The lowest BCUT2D eigenvalue weighted by molar-refractivity contribution is -0.514. The monoisotopic (exact) mass is 239 g/mol. The van der Waals surface area contributed by atoms with Crippen molar-refractivity contribution in [2.75, 3.05) is 26.2 Å². The largest absolute Gasteiger partial charge is 0.264 e. The molecule has 0 unspecified atom stereocenters. The first-order chi connectivity index (χ1) is 8.36. The van der Waals surface area contributed by atoms with E-state index >= 15 is 0 Å². The maximum Gasteiger partial charge on any atom is 0.234 e. The number of nitrogens with zero attached hydrogens (tertiary/aromatic N) is 2. The highest BCUT2D eigenvalue weighted by Gasteiger charge is 2.17. The first-order valence-electron chi connectivity index (χ1n) is 7.70. The van der Waals surface area contributed by atoms with Gasteiger partial charge in [-0.1, -0.05) is 39.5 Å². The fraction of sp³-hybridized carbons (Fsp3) is 0.933. The summed E-state index contributed by atoms with van der Waals surface area (Å²) in [5.41, 5.74) is 0. The summed E-state index contributed by atoms with van der Waals surface area (Å²) in [5, 5.41) is 0. The van der Waals surface area contributed by atoms with Crippen molar-refractivity contribution >= 4 is 6.34 Å². The highest BCUT2D eigenvalue weighted by atomic mass is 15.3. The van der Waals surface area contributed by atoms with Gasteiger partial charge < -0.3 is 0 Å². The highest BCUT2D eigenvalue weighted by molar-refractivity contribution is 5.50. The van der Waals surface area contributed by atoms with Crippen LogP contribution in [0.5, 0.6) is 0 Å². The number of rotatable bonds is 10. The molecule has 1 rings (SSSR count). The fourth-order valence-electron chi connectivity index (χ4n) is 2.43. The molecule has 2 heteroatoms. The Kier molecular flexibility index (Phi) is 8.12. The maximum absolute atomic E-state index is 2.51. The second-order valence-corrected chi connectivity index (χ2v) is 5.31. The van der Waals surface area contributed by atoms with Gasteiger partial charge in [0, 0.05) is 0 Å². The lowest BCUT2D eigenvalue weighted by Gasteiger charge is -2.05. The van der Waals surface area contributed by atoms with Gasteiger partial charge in [0.25, 0.3) is 0 Å². The minimum atomic E-state index is 1.25. The van der Waals surface area contributed by atoms with E-state index in [4.69, 9.17) is 0 Å². The minimum Gasteiger partial charge on any atom is -0.264 e. The van der Waals surface area contributed by atoms with Crippen LogP contribution >= 0.6 is 0 Å². The van der Waals surface area contributed by atoms with Crippen LogP contribution in [0, 0.1) is 0 Å². The van der Waals surface area contributed by atoms with E-state index in [0.717, 1.165) is 0 Å². The summed E-state index contributed by atoms with van der Waals surface area (Å²) in [4.78, 5) is 2.51. The van der Waals surface area contributed by atoms with Crippen LogP contribution in [0.25, 0.3) is 0 Å². The molecule has 17 heavy (non-hydrogen) atoms. The Bertz CT molecular complexity index is 211. The van der Waals surface area contributed by atoms with E-state index in [1.165, 1.54) is 77.5 Å². The van der Waals surface area contributed by atoms with Gasteiger partial charge in [0.1, 0.15) is 13.1 Å². The van der Waals surface area contributed by atoms with Gasteiger partial charge in [-0.2, -0.15) is 0 Å². The first kappa shape index (κ1) is 14.5. The Labute approximate surface area is 108 Å². The molecule has 0 saturated carbocycles. The Hall–Kier alpha value is -0.530. The summed E-state index contributed by atoms with van der Waals surface area (Å²) in [5.74, 6) is 0. The van der Waals surface area contributed by atoms with Crippen molar-refractivity contribution in [3.63, 3.8) is 0 Å². The van der Waals surface area contributed by atoms with Crippen LogP contribution in [0.4, 0.5) is 0 Å². The summed E-state index contributed by atoms with van der Waals surface area (Å²) in [7, 11) is 0. The molecule has 0 saturated heterocycles. The van der Waals surface area contributed by atoms with Gasteiger partial charge in [0.2, 0.25) is 6.34 Å². The third-order valence-corrected chi connectivity index (χ3v) is 3.60. The Morgan fingerprint density at radius 3 is 2.35 bits per heavy atom. The standard InChI is InChI=1S/C15H31N2/c1-3-5-7-9-11-16-13-14-17(15-16)12-10-8-6-4-2/h15H,3-14H2,1-2H3/q+1. The number of unbranched alkanes of at least 4 members (excludes halogenated alkanes) is 6. The molecule has 100 valence electrons. The zero-order valence-electron chi connectivity index (χ0n) is 12.0. The number of hydrogen-bond donors (Lipinski definition) is 0. The van der Waals surface area contributed by atoms with Crippen molar-refractivity contribution in [1.82, 2.24) is 4.90 Å². The average molecular weight is 239 g/mol. The molecule has 0 fully saturated rings. The lowest BCUT2D eigenvalue weighted by atomic mass is 10.2. The van der Waals surface area contributed by atoms with E-state index in [2.05, 4.69) is 29.7 Å². The van der Waals surface area contributed by atoms with Crippen molar-refractivity contribution in [2.24, 2.45) is 0 Å². The minimum absolute atomic E-state index is 1.25. The summed E-state index contributed by atoms with van der Waals surface area (Å²) in [6.45, 7) is 9.59. The molecule has 0 aliphatic carbocycles. The second kappa shape index (κ2) is 9.49. The molecule has 0 aromatic heterocycles. The van der Waals surface area contributed by atoms with E-state index in [1.54, 1.807) is 0 Å². The van der Waals surface area contributed by atoms with Crippen LogP contribution in [0.3, 0.4) is 0 Å². The summed E-state index contributed by atoms with van der Waals surface area (Å²) in [6, 6.07) is 0. The predicted octanol–water partition coefficient (Wildman–Crippen LogP) is 3.50. The maximum atomic E-state index is 2.51. The molecular formula is C15H31N2+. The van der Waals surface area contributed by atoms with Crippen LogP contribution in [0.1, 0.15) is 65.2 Å². The molecule has 0 spiro atoms. The molecule has 0 amide bonds. The van der Waals surface area contributed by atoms with E-state index < -0.39 is 0 Å². The Morgan fingerprint density at radius 1 is 0.941 bits per heavy atom. The van der Waals surface area contributed by atoms with Gasteiger partial charge in [-0.3, -0.25) is 9.48 Å². The van der Waals surface area contributed by atoms with Gasteiger partial charge in [-0.25, -0.2) is 0 Å². The molecular weight excluding hydrogens is 208 g/mol. The molecule has 1 heterocycles. The summed E-state index contributed by atoms with van der Waals surface area (Å²) >= 11 is 0. The van der Waals surface area contributed by atoms with Crippen molar-refractivity contribution in [2.45, 2.75) is 65.2 Å². The zero-order chi connectivity index (χ0) is 12.3. The smallest absolute Gasteiger partial charge is 0.234 e. The van der Waals surface area contributed by atoms with Gasteiger partial charge >= 0.3 is 0 Å². The van der Waals surface area contributed by atoms with Gasteiger partial charge in [0.15, 0.2) is 0 Å². The number of hydrogen-bond acceptors (Lipinski definition) is 1. The molecule has 2 nitrogen and oxygen atoms in total. The molecule has 0 bridgehead atoms. The molecule has 0 aromatic rings. The summed E-state index contributed by atoms with van der Waals surface area (Å²) < 4.78 is 2.51. The Balaban J connectivity index is 2.04. The third-order valence-electron chi connectivity index (χ3n) is 3.60. The Morgan fingerprint density at radius 2 is 1.65 bits per heavy atom. The van der Waals surface area contributed by atoms with Crippen LogP contribution in [0.2, 0.25) is 0 Å². The average Bonchev–Trinajstić information content (AvgIpc) is 2.78. The first-order valence-corrected chi connectivity index (χ1v) is 7.70. The zero-order valence-corrected chi connectivity index (χ0v) is 12.0. The predicted molar refractivity (Wildman–Crippen MR) is 75.9 cm³/mol. The quantitative estimate of drug-likeness (QED) is 0.418. The van der Waals surface area contributed by atoms with Crippen molar-refractivity contribution < 1.29 is 4.58 Å². The van der Waals surface area contributed by atoms with E-state index in [1.807, 2.05) is 0 Å². The molecule has 1 aliphatic rings. The second-order valence-electron chi connectivity index (χ2n) is 5.31. The van der Waals surface area contributed by atoms with Gasteiger partial charge in [0.05, 0.1) is 13.1 Å². The third kappa shape index (κ3) is 6.70. The SMILES string of the molecule is CCCCCCN1C=[N+](CCCCCC)CC1. The summed E-state index contributed by atoms with van der Waals surface area (Å²) in [6.07, 6.45) is 13.4. The fourth-order valence-corrected chi connectivity index (χ4v) is 2.43. The molecule has 0 radical (unpaired) electrons. The van der Waals surface area contributed by atoms with Crippen LogP contribution in [0.15, 0.2) is 0 Å². The van der Waals surface area contributed by atoms with Gasteiger partial charge in [-0.15, -0.1) is 0 Å². The van der Waals surface area contributed by atoms with E-state index in [-0.39, 0.29) is 0 Å². The van der Waals surface area contributed by atoms with Gasteiger partial charge in [-0.05, 0) is 25.7 Å². The highest BCUT2D eigenvalue weighted by Crippen LogP contribution is 2.04. The molecule has 0 atom stereocenters. The van der Waals surface area contributed by atoms with E-state index in [0.29, 0.717) is 0 Å². The molecule has 0 N–H and O–H groups in total. The van der Waals surface area contributed by atoms with E-state index in [9.17, 15) is 0 Å². The molecule has 1 aliphatic heterocycles. The van der Waals surface area contributed by atoms with Crippen LogP contribution < -0.4 is 0 Å². The van der Waals surface area contributed by atoms with Crippen molar-refractivity contribution in [1.29, 1.82) is 0 Å². The van der Waals surface area contributed by atoms with Crippen LogP contribution in [-0.4, -0.2) is 42.0 Å². The molecule has 0 aromatic carbocycles. The van der Waals surface area contributed by atoms with Crippen molar-refractivity contribution in [3.05, 3.63) is 0 Å². The lowest BCUT2D eigenvalue weighted by Crippen LogP contribution is -2.20. The normalized spacial score (nSPS) is 15.4.